The molecule has 0 saturated heterocycles. The van der Waals surface area contributed by atoms with Gasteiger partial charge in [0.2, 0.25) is 0 Å². The summed E-state index contributed by atoms with van der Waals surface area (Å²) in [4.78, 5) is 5.26. The Morgan fingerprint density at radius 1 is 0.811 bits per heavy atom. The van der Waals surface area contributed by atoms with Gasteiger partial charge in [0.25, 0.3) is 0 Å². The van der Waals surface area contributed by atoms with Crippen molar-refractivity contribution in [3.63, 3.8) is 0 Å². The van der Waals surface area contributed by atoms with Crippen LogP contribution in [0.4, 0.5) is 0 Å². The van der Waals surface area contributed by atoms with Gasteiger partial charge in [-0.05, 0) is 82.7 Å². The summed E-state index contributed by atoms with van der Waals surface area (Å²) in [6, 6.07) is 31.0. The molecule has 2 aliphatic rings. The second-order valence-corrected chi connectivity index (χ2v) is 10.7. The van der Waals surface area contributed by atoms with Crippen molar-refractivity contribution in [2.45, 2.75) is 57.3 Å². The second kappa shape index (κ2) is 10.7. The minimum absolute atomic E-state index is 0.651. The fourth-order valence-corrected chi connectivity index (χ4v) is 6.08. The molecule has 0 unspecified atom stereocenters. The molecule has 1 aromatic heterocycles. The molecule has 6 rings (SSSR count). The maximum Gasteiger partial charge on any atom is 0.0714 e. The van der Waals surface area contributed by atoms with Crippen LogP contribution in [0.1, 0.15) is 77.1 Å². The Hall–Kier alpha value is -3.71. The minimum Gasteiger partial charge on any atom is -0.252 e. The zero-order valence-corrected chi connectivity index (χ0v) is 21.6. The van der Waals surface area contributed by atoms with Crippen LogP contribution < -0.4 is 0 Å². The highest BCUT2D eigenvalue weighted by Crippen LogP contribution is 2.37. The molecular formula is C36H35N. The van der Waals surface area contributed by atoms with Crippen molar-refractivity contribution in [3.8, 4) is 11.3 Å². The molecule has 1 heteroatoms. The summed E-state index contributed by atoms with van der Waals surface area (Å²) < 4.78 is 0. The maximum atomic E-state index is 5.26. The fourth-order valence-electron chi connectivity index (χ4n) is 6.08. The number of pyridine rings is 1. The summed E-state index contributed by atoms with van der Waals surface area (Å²) in [5, 5.41) is 0. The molecule has 0 spiro atoms. The van der Waals surface area contributed by atoms with Crippen LogP contribution in [0.3, 0.4) is 0 Å². The molecule has 4 aromatic rings. The van der Waals surface area contributed by atoms with Gasteiger partial charge in [0.15, 0.2) is 0 Å². The van der Waals surface area contributed by atoms with E-state index < -0.39 is 0 Å². The molecule has 0 bridgehead atoms. The molecule has 2 aliphatic carbocycles. The summed E-state index contributed by atoms with van der Waals surface area (Å²) in [5.41, 5.74) is 12.8. The average Bonchev–Trinajstić information content (AvgIpc) is 3.43. The molecule has 1 heterocycles. The zero-order chi connectivity index (χ0) is 25.0. The van der Waals surface area contributed by atoms with Crippen LogP contribution in [0.25, 0.3) is 22.9 Å². The minimum atomic E-state index is 0.651. The third kappa shape index (κ3) is 5.37. The largest absolute Gasteiger partial charge is 0.252 e. The number of hydrogen-bond donors (Lipinski definition) is 0. The van der Waals surface area contributed by atoms with Gasteiger partial charge in [-0.2, -0.15) is 0 Å². The average molecular weight is 482 g/mol. The fraction of sp³-hybridized carbons (Fsp3) is 0.250. The third-order valence-electron chi connectivity index (χ3n) is 8.05. The van der Waals surface area contributed by atoms with E-state index in [1.165, 1.54) is 76.7 Å². The SMILES string of the molecule is C=C(Cc1ccccc1)c1cccc(Cc2cc(C3CCCCC3)cc(-c3cccc4c3C=CC4)n2)c1. The number of allylic oxidation sites excluding steroid dienone is 2. The Morgan fingerprint density at radius 3 is 2.49 bits per heavy atom. The van der Waals surface area contributed by atoms with Crippen molar-refractivity contribution >= 4 is 11.6 Å². The van der Waals surface area contributed by atoms with Crippen molar-refractivity contribution in [2.75, 3.05) is 0 Å². The number of nitrogens with zero attached hydrogens (tertiary/aromatic N) is 1. The molecule has 0 aliphatic heterocycles. The molecule has 1 fully saturated rings. The Balaban J connectivity index is 1.32. The number of aromatic nitrogens is 1. The molecule has 0 N–H and O–H groups in total. The van der Waals surface area contributed by atoms with Crippen molar-refractivity contribution < 1.29 is 0 Å². The van der Waals surface area contributed by atoms with Gasteiger partial charge in [-0.25, -0.2) is 0 Å². The van der Waals surface area contributed by atoms with E-state index in [9.17, 15) is 0 Å². The predicted molar refractivity (Wildman–Crippen MR) is 157 cm³/mol. The van der Waals surface area contributed by atoms with Crippen LogP contribution in [0, 0.1) is 0 Å². The third-order valence-corrected chi connectivity index (χ3v) is 8.05. The Bertz CT molecular complexity index is 1440. The quantitative estimate of drug-likeness (QED) is 0.256. The van der Waals surface area contributed by atoms with Crippen molar-refractivity contribution in [1.29, 1.82) is 0 Å². The molecule has 3 aromatic carbocycles. The van der Waals surface area contributed by atoms with Crippen molar-refractivity contribution in [1.82, 2.24) is 4.98 Å². The summed E-state index contributed by atoms with van der Waals surface area (Å²) in [6.07, 6.45) is 13.9. The standard InChI is InChI=1S/C36H35N/c1-26(21-27-11-4-2-5-12-27)31-18-8-13-28(22-31)23-33-24-32(29-14-6-3-7-15-29)25-36(37-33)35-20-10-17-30-16-9-19-34(30)35/h2,4-5,8-13,17-20,22,24-25,29H,1,3,6-7,14-16,21,23H2. The van der Waals surface area contributed by atoms with Gasteiger partial charge in [0, 0.05) is 17.7 Å². The lowest BCUT2D eigenvalue weighted by Crippen LogP contribution is -2.07. The van der Waals surface area contributed by atoms with Crippen LogP contribution in [0.2, 0.25) is 0 Å². The first-order chi connectivity index (χ1) is 18.2. The van der Waals surface area contributed by atoms with Gasteiger partial charge < -0.3 is 0 Å². The van der Waals surface area contributed by atoms with Crippen LogP contribution in [-0.4, -0.2) is 4.98 Å². The lowest BCUT2D eigenvalue weighted by Gasteiger charge is -2.23. The normalized spacial score (nSPS) is 15.0. The molecule has 0 amide bonds. The number of fused-ring (bicyclic) bond motifs is 1. The Labute approximate surface area is 221 Å². The molecule has 1 nitrogen and oxygen atoms in total. The van der Waals surface area contributed by atoms with Gasteiger partial charge in [0.05, 0.1) is 5.69 Å². The first-order valence-electron chi connectivity index (χ1n) is 13.8. The highest BCUT2D eigenvalue weighted by atomic mass is 14.7. The smallest absolute Gasteiger partial charge is 0.0714 e. The molecule has 37 heavy (non-hydrogen) atoms. The van der Waals surface area contributed by atoms with Crippen LogP contribution in [0.5, 0.6) is 0 Å². The second-order valence-electron chi connectivity index (χ2n) is 10.7. The molecule has 1 saturated carbocycles. The van der Waals surface area contributed by atoms with E-state index in [0.29, 0.717) is 5.92 Å². The van der Waals surface area contributed by atoms with Gasteiger partial charge in [0.1, 0.15) is 0 Å². The van der Waals surface area contributed by atoms with E-state index in [1.54, 1.807) is 0 Å². The molecule has 184 valence electrons. The first-order valence-corrected chi connectivity index (χ1v) is 13.8. The van der Waals surface area contributed by atoms with Crippen molar-refractivity contribution in [3.05, 3.63) is 137 Å². The lowest BCUT2D eigenvalue weighted by molar-refractivity contribution is 0.443. The van der Waals surface area contributed by atoms with Crippen molar-refractivity contribution in [2.24, 2.45) is 0 Å². The Morgan fingerprint density at radius 2 is 1.62 bits per heavy atom. The number of rotatable bonds is 7. The zero-order valence-electron chi connectivity index (χ0n) is 21.6. The number of benzene rings is 3. The van der Waals surface area contributed by atoms with E-state index in [4.69, 9.17) is 4.98 Å². The molecule has 0 atom stereocenters. The van der Waals surface area contributed by atoms with E-state index in [0.717, 1.165) is 30.5 Å². The molecule has 0 radical (unpaired) electrons. The highest BCUT2D eigenvalue weighted by Gasteiger charge is 2.19. The maximum absolute atomic E-state index is 5.26. The summed E-state index contributed by atoms with van der Waals surface area (Å²) in [6.45, 7) is 4.41. The van der Waals surface area contributed by atoms with E-state index in [1.807, 2.05) is 0 Å². The van der Waals surface area contributed by atoms with Crippen LogP contribution in [0.15, 0.2) is 97.6 Å². The number of hydrogen-bond acceptors (Lipinski definition) is 1. The summed E-state index contributed by atoms with van der Waals surface area (Å²) in [7, 11) is 0. The topological polar surface area (TPSA) is 12.9 Å². The van der Waals surface area contributed by atoms with Gasteiger partial charge in [-0.15, -0.1) is 0 Å². The first kappa shape index (κ1) is 23.7. The van der Waals surface area contributed by atoms with E-state index in [-0.39, 0.29) is 0 Å². The predicted octanol–water partition coefficient (Wildman–Crippen LogP) is 9.21. The van der Waals surface area contributed by atoms with E-state index >= 15 is 0 Å². The summed E-state index contributed by atoms with van der Waals surface area (Å²) >= 11 is 0. The van der Waals surface area contributed by atoms with Gasteiger partial charge >= 0.3 is 0 Å². The van der Waals surface area contributed by atoms with Gasteiger partial charge in [-0.1, -0.05) is 111 Å². The van der Waals surface area contributed by atoms with Gasteiger partial charge in [-0.3, -0.25) is 4.98 Å². The van der Waals surface area contributed by atoms with Crippen LogP contribution in [-0.2, 0) is 19.3 Å². The highest BCUT2D eigenvalue weighted by molar-refractivity contribution is 5.78. The Kier molecular flexibility index (Phi) is 6.86. The van der Waals surface area contributed by atoms with E-state index in [2.05, 4.69) is 104 Å². The lowest BCUT2D eigenvalue weighted by atomic mass is 9.83. The molecular weight excluding hydrogens is 446 g/mol. The van der Waals surface area contributed by atoms with Crippen LogP contribution >= 0.6 is 0 Å². The monoisotopic (exact) mass is 481 g/mol. The summed E-state index contributed by atoms with van der Waals surface area (Å²) in [5.74, 6) is 0.651.